The Balaban J connectivity index is 0.000000523. The summed E-state index contributed by atoms with van der Waals surface area (Å²) in [5, 5.41) is 10.8. The minimum Gasteiger partial charge on any atom is -0.512 e. The normalized spacial score (nSPS) is 11.9. The summed E-state index contributed by atoms with van der Waals surface area (Å²) in [4.78, 5) is 14.7. The molecule has 1 atom stereocenters. The number of hydrogen-bond acceptors (Lipinski definition) is 3. The monoisotopic (exact) mass is 595 g/mol. The van der Waals surface area contributed by atoms with Gasteiger partial charge in [-0.1, -0.05) is 51.0 Å². The molecule has 3 rings (SSSR count). The van der Waals surface area contributed by atoms with Gasteiger partial charge in [0.25, 0.3) is 0 Å². The molecule has 0 saturated carbocycles. The van der Waals surface area contributed by atoms with Crippen molar-refractivity contribution in [2.45, 2.75) is 60.3 Å². The number of allylic oxidation sites excluding steroid dienone is 2. The topological polar surface area (TPSA) is 50.2 Å². The Labute approximate surface area is 200 Å². The number of aliphatic hydroxyl groups is 1. The van der Waals surface area contributed by atoms with Crippen molar-refractivity contribution in [3.8, 4) is 11.3 Å². The van der Waals surface area contributed by atoms with Gasteiger partial charge < -0.3 is 10.1 Å². The number of nitrogens with zero attached hydrogens (tertiary/aromatic N) is 1. The minimum atomic E-state index is -0.125. The first-order valence-electron chi connectivity index (χ1n) is 10.5. The first kappa shape index (κ1) is 26.7. The average molecular weight is 595 g/mol. The summed E-state index contributed by atoms with van der Waals surface area (Å²) in [5.41, 5.74) is 6.00. The third-order valence-electron chi connectivity index (χ3n) is 4.90. The number of hydrogen-bond donors (Lipinski definition) is 1. The Hall–Kier alpha value is -2.29. The van der Waals surface area contributed by atoms with Crippen molar-refractivity contribution < 1.29 is 30.0 Å². The Morgan fingerprint density at radius 2 is 1.87 bits per heavy atom. The molecule has 167 valence electrons. The Morgan fingerprint density at radius 1 is 1.16 bits per heavy atom. The van der Waals surface area contributed by atoms with Crippen LogP contribution in [-0.4, -0.2) is 15.9 Å². The Kier molecular flexibility index (Phi) is 10.8. The number of aromatic nitrogens is 1. The third kappa shape index (κ3) is 8.05. The molecule has 4 heteroatoms. The van der Waals surface area contributed by atoms with Crippen LogP contribution in [0, 0.1) is 19.9 Å². The zero-order valence-electron chi connectivity index (χ0n) is 19.2. The minimum absolute atomic E-state index is 0. The molecule has 0 spiro atoms. The zero-order valence-corrected chi connectivity index (χ0v) is 21.6. The van der Waals surface area contributed by atoms with E-state index >= 15 is 0 Å². The molecule has 3 nitrogen and oxygen atoms in total. The van der Waals surface area contributed by atoms with Gasteiger partial charge in [-0.15, -0.1) is 34.9 Å². The number of fused-ring (bicyclic) bond motifs is 1. The molecule has 0 aliphatic carbocycles. The molecule has 1 radical (unpaired) electrons. The fourth-order valence-corrected chi connectivity index (χ4v) is 3.56. The molecule has 0 saturated heterocycles. The SMILES string of the molecule is CC(=O)/C=C(/C)O.CCCC(C)c1cc(C)[c-]c(-c2nccc3cc(C)ccc23)c1.[Ir]. The number of carbonyl (C=O) groups excluding carboxylic acids is 1. The van der Waals surface area contributed by atoms with Crippen molar-refractivity contribution in [2.75, 3.05) is 0 Å². The van der Waals surface area contributed by atoms with E-state index in [4.69, 9.17) is 5.11 Å². The third-order valence-corrected chi connectivity index (χ3v) is 4.90. The summed E-state index contributed by atoms with van der Waals surface area (Å²) in [6.45, 7) is 11.7. The number of carbonyl (C=O) groups is 1. The first-order valence-corrected chi connectivity index (χ1v) is 10.5. The van der Waals surface area contributed by atoms with Crippen LogP contribution in [-0.2, 0) is 24.9 Å². The van der Waals surface area contributed by atoms with Gasteiger partial charge in [0.1, 0.15) is 0 Å². The summed E-state index contributed by atoms with van der Waals surface area (Å²) in [6.07, 6.45) is 5.49. The molecule has 0 amide bonds. The molecule has 0 bridgehead atoms. The van der Waals surface area contributed by atoms with Crippen LogP contribution < -0.4 is 0 Å². The van der Waals surface area contributed by atoms with Crippen LogP contribution >= 0.6 is 0 Å². The van der Waals surface area contributed by atoms with Crippen LogP contribution in [0.15, 0.2) is 54.4 Å². The molecule has 1 unspecified atom stereocenters. The second-order valence-corrected chi connectivity index (χ2v) is 7.98. The number of benzene rings is 2. The van der Waals surface area contributed by atoms with Crippen LogP contribution in [0.4, 0.5) is 0 Å². The van der Waals surface area contributed by atoms with E-state index < -0.39 is 0 Å². The molecule has 2 aromatic carbocycles. The van der Waals surface area contributed by atoms with Crippen molar-refractivity contribution in [2.24, 2.45) is 0 Å². The smallest absolute Gasteiger partial charge is 0.155 e. The van der Waals surface area contributed by atoms with E-state index in [2.05, 4.69) is 75.1 Å². The van der Waals surface area contributed by atoms with Crippen molar-refractivity contribution in [3.05, 3.63) is 77.2 Å². The van der Waals surface area contributed by atoms with Gasteiger partial charge >= 0.3 is 0 Å². The van der Waals surface area contributed by atoms with Gasteiger partial charge in [-0.3, -0.25) is 4.79 Å². The van der Waals surface area contributed by atoms with Crippen molar-refractivity contribution >= 4 is 16.6 Å². The second kappa shape index (κ2) is 12.5. The number of rotatable bonds is 5. The van der Waals surface area contributed by atoms with E-state index in [1.54, 1.807) is 0 Å². The maximum absolute atomic E-state index is 10.0. The van der Waals surface area contributed by atoms with E-state index in [1.165, 1.54) is 60.2 Å². The number of ketones is 1. The molecule has 0 fully saturated rings. The van der Waals surface area contributed by atoms with Gasteiger partial charge in [-0.05, 0) is 55.6 Å². The summed E-state index contributed by atoms with van der Waals surface area (Å²) in [7, 11) is 0. The zero-order chi connectivity index (χ0) is 22.3. The van der Waals surface area contributed by atoms with E-state index in [0.29, 0.717) is 5.92 Å². The molecule has 31 heavy (non-hydrogen) atoms. The van der Waals surface area contributed by atoms with Crippen molar-refractivity contribution in [3.63, 3.8) is 0 Å². The summed E-state index contributed by atoms with van der Waals surface area (Å²) in [6, 6.07) is 16.7. The van der Waals surface area contributed by atoms with E-state index in [9.17, 15) is 4.79 Å². The average Bonchev–Trinajstić information content (AvgIpc) is 2.66. The molecule has 0 aliphatic rings. The fraction of sp³-hybridized carbons (Fsp3) is 0.333. The van der Waals surface area contributed by atoms with E-state index in [-0.39, 0.29) is 31.6 Å². The molecular formula is C27H32IrNO2-. The van der Waals surface area contributed by atoms with Crippen LogP contribution in [0.3, 0.4) is 0 Å². The van der Waals surface area contributed by atoms with Crippen LogP contribution in [0.5, 0.6) is 0 Å². The largest absolute Gasteiger partial charge is 0.512 e. The van der Waals surface area contributed by atoms with Gasteiger partial charge in [0.2, 0.25) is 0 Å². The van der Waals surface area contributed by atoms with Gasteiger partial charge in [0.05, 0.1) is 5.76 Å². The summed E-state index contributed by atoms with van der Waals surface area (Å²) >= 11 is 0. The molecular weight excluding hydrogens is 563 g/mol. The van der Waals surface area contributed by atoms with Crippen LogP contribution in [0.25, 0.3) is 22.0 Å². The molecule has 1 N–H and O–H groups in total. The van der Waals surface area contributed by atoms with Gasteiger partial charge in [-0.2, -0.15) is 0 Å². The van der Waals surface area contributed by atoms with Crippen molar-refractivity contribution in [1.29, 1.82) is 0 Å². The maximum Gasteiger partial charge on any atom is 0.155 e. The van der Waals surface area contributed by atoms with Gasteiger partial charge in [0.15, 0.2) is 5.78 Å². The number of pyridine rings is 1. The predicted octanol–water partition coefficient (Wildman–Crippen LogP) is 7.26. The van der Waals surface area contributed by atoms with E-state index in [0.717, 1.165) is 11.3 Å². The molecule has 1 heterocycles. The second-order valence-electron chi connectivity index (χ2n) is 7.98. The Morgan fingerprint density at radius 3 is 2.45 bits per heavy atom. The van der Waals surface area contributed by atoms with Crippen molar-refractivity contribution in [1.82, 2.24) is 4.98 Å². The summed E-state index contributed by atoms with van der Waals surface area (Å²) in [5.74, 6) is 0.511. The fourth-order valence-electron chi connectivity index (χ4n) is 3.56. The molecule has 1 aromatic heterocycles. The molecule has 3 aromatic rings. The van der Waals surface area contributed by atoms with Crippen LogP contribution in [0.2, 0.25) is 0 Å². The number of aliphatic hydroxyl groups excluding tert-OH is 1. The first-order chi connectivity index (χ1) is 14.2. The van der Waals surface area contributed by atoms with Gasteiger partial charge in [-0.25, -0.2) is 0 Å². The Bertz CT molecular complexity index is 1050. The standard InChI is InChI=1S/C22H24N.C5H8O2.Ir/c1-5-6-17(4)19-12-16(3)13-20(14-19)22-21-8-7-15(2)11-18(21)9-10-23-22;1-4(6)3-5(2)7;/h7-12,14,17H,5-6H2,1-4H3;3,6H,1-2H3;/q-1;;/b;4-3-;. The molecule has 0 aliphatic heterocycles. The summed E-state index contributed by atoms with van der Waals surface area (Å²) < 4.78 is 0. The van der Waals surface area contributed by atoms with Gasteiger partial charge in [0, 0.05) is 32.4 Å². The quantitative estimate of drug-likeness (QED) is 0.192. The predicted molar refractivity (Wildman–Crippen MR) is 126 cm³/mol. The van der Waals surface area contributed by atoms with E-state index in [1.807, 2.05) is 6.20 Å². The maximum atomic E-state index is 10.0. The number of aryl methyl sites for hydroxylation is 2. The van der Waals surface area contributed by atoms with Crippen LogP contribution in [0.1, 0.15) is 63.1 Å².